The van der Waals surface area contributed by atoms with Crippen molar-refractivity contribution in [1.29, 1.82) is 0 Å². The molecule has 0 unspecified atom stereocenters. The number of ketones is 1. The van der Waals surface area contributed by atoms with E-state index in [-0.39, 0.29) is 12.4 Å². The number of aromatic nitrogens is 2. The molecule has 0 fully saturated rings. The molecule has 0 saturated heterocycles. The van der Waals surface area contributed by atoms with Crippen LogP contribution >= 0.6 is 0 Å². The Kier molecular flexibility index (Phi) is 3.94. The van der Waals surface area contributed by atoms with Crippen molar-refractivity contribution in [2.75, 3.05) is 18.5 Å². The number of fused-ring (bicyclic) bond motifs is 1. The van der Waals surface area contributed by atoms with Gasteiger partial charge in [-0.1, -0.05) is 0 Å². The second kappa shape index (κ2) is 5.64. The topological polar surface area (TPSA) is 78.0 Å². The third-order valence-electron chi connectivity index (χ3n) is 2.64. The molecular weight excluding hydrogens is 230 g/mol. The van der Waals surface area contributed by atoms with Gasteiger partial charge in [-0.15, -0.1) is 0 Å². The summed E-state index contributed by atoms with van der Waals surface area (Å²) in [6.07, 6.45) is 1.44. The highest BCUT2D eigenvalue weighted by molar-refractivity contribution is 5.83. The van der Waals surface area contributed by atoms with Crippen molar-refractivity contribution in [3.63, 3.8) is 0 Å². The minimum Gasteiger partial charge on any atom is -0.396 e. The summed E-state index contributed by atoms with van der Waals surface area (Å²) in [6.45, 7) is 2.05. The predicted molar refractivity (Wildman–Crippen MR) is 70.7 cm³/mol. The molecule has 1 aromatic heterocycles. The third kappa shape index (κ3) is 3.07. The van der Waals surface area contributed by atoms with Gasteiger partial charge in [0.25, 0.3) is 0 Å². The van der Waals surface area contributed by atoms with Crippen molar-refractivity contribution in [2.45, 2.75) is 19.8 Å². The van der Waals surface area contributed by atoms with Crippen LogP contribution in [0.5, 0.6) is 0 Å². The molecule has 5 nitrogen and oxygen atoms in total. The van der Waals surface area contributed by atoms with Crippen molar-refractivity contribution in [3.8, 4) is 0 Å². The molecule has 0 bridgehead atoms. The van der Waals surface area contributed by atoms with Crippen molar-refractivity contribution < 1.29 is 9.90 Å². The van der Waals surface area contributed by atoms with Crippen LogP contribution in [0.1, 0.15) is 19.2 Å². The SMILES string of the molecule is CC(=O)CNc1ccc2nc(CCCO)[nH]c2c1. The fourth-order valence-electron chi connectivity index (χ4n) is 1.76. The number of aliphatic hydroxyl groups excluding tert-OH is 1. The zero-order chi connectivity index (χ0) is 13.0. The third-order valence-corrected chi connectivity index (χ3v) is 2.64. The number of imidazole rings is 1. The molecule has 96 valence electrons. The van der Waals surface area contributed by atoms with Gasteiger partial charge in [0, 0.05) is 18.7 Å². The monoisotopic (exact) mass is 247 g/mol. The van der Waals surface area contributed by atoms with Gasteiger partial charge in [0.05, 0.1) is 17.6 Å². The number of anilines is 1. The summed E-state index contributed by atoms with van der Waals surface area (Å²) in [4.78, 5) is 18.5. The molecule has 0 spiro atoms. The lowest BCUT2D eigenvalue weighted by molar-refractivity contribution is -0.115. The molecule has 0 amide bonds. The minimum absolute atomic E-state index is 0.100. The molecule has 2 rings (SSSR count). The Bertz CT molecular complexity index is 548. The first-order valence-corrected chi connectivity index (χ1v) is 6.02. The van der Waals surface area contributed by atoms with Crippen molar-refractivity contribution in [1.82, 2.24) is 9.97 Å². The number of rotatable bonds is 6. The van der Waals surface area contributed by atoms with Crippen LogP contribution in [0.25, 0.3) is 11.0 Å². The van der Waals surface area contributed by atoms with E-state index in [0.29, 0.717) is 13.0 Å². The van der Waals surface area contributed by atoms with Crippen LogP contribution in [0.15, 0.2) is 18.2 Å². The van der Waals surface area contributed by atoms with Crippen LogP contribution in [-0.4, -0.2) is 34.0 Å². The molecular formula is C13H17N3O2. The molecule has 0 aliphatic carbocycles. The van der Waals surface area contributed by atoms with Gasteiger partial charge in [-0.2, -0.15) is 0 Å². The molecule has 0 aliphatic rings. The summed E-state index contributed by atoms with van der Waals surface area (Å²) < 4.78 is 0. The van der Waals surface area contributed by atoms with Crippen molar-refractivity contribution in [2.24, 2.45) is 0 Å². The number of Topliss-reactive ketones (excluding diaryl/α,β-unsaturated/α-hetero) is 1. The summed E-state index contributed by atoms with van der Waals surface area (Å²) >= 11 is 0. The Hall–Kier alpha value is -1.88. The van der Waals surface area contributed by atoms with E-state index in [1.807, 2.05) is 18.2 Å². The number of aromatic amines is 1. The van der Waals surface area contributed by atoms with E-state index < -0.39 is 0 Å². The molecule has 0 radical (unpaired) electrons. The number of aliphatic hydroxyl groups is 1. The van der Waals surface area contributed by atoms with Crippen molar-refractivity contribution in [3.05, 3.63) is 24.0 Å². The van der Waals surface area contributed by atoms with Gasteiger partial charge in [-0.05, 0) is 31.5 Å². The zero-order valence-electron chi connectivity index (χ0n) is 10.4. The fraction of sp³-hybridized carbons (Fsp3) is 0.385. The molecule has 0 aliphatic heterocycles. The number of aryl methyl sites for hydroxylation is 1. The van der Waals surface area contributed by atoms with Gasteiger partial charge in [-0.3, -0.25) is 4.79 Å². The van der Waals surface area contributed by atoms with Gasteiger partial charge in [0.2, 0.25) is 0 Å². The maximum Gasteiger partial charge on any atom is 0.148 e. The van der Waals surface area contributed by atoms with E-state index in [1.165, 1.54) is 0 Å². The molecule has 5 heteroatoms. The van der Waals surface area contributed by atoms with E-state index in [2.05, 4.69) is 15.3 Å². The average Bonchev–Trinajstić information content (AvgIpc) is 2.75. The average molecular weight is 247 g/mol. The summed E-state index contributed by atoms with van der Waals surface area (Å²) in [5.41, 5.74) is 2.74. The second-order valence-corrected chi connectivity index (χ2v) is 4.30. The second-order valence-electron chi connectivity index (χ2n) is 4.30. The van der Waals surface area contributed by atoms with Gasteiger partial charge in [0.1, 0.15) is 11.6 Å². The standard InChI is InChI=1S/C13H17N3O2/c1-9(18)8-14-10-4-5-11-12(7-10)16-13(15-11)3-2-6-17/h4-5,7,14,17H,2-3,6,8H2,1H3,(H,15,16). The van der Waals surface area contributed by atoms with Crippen LogP contribution in [-0.2, 0) is 11.2 Å². The quantitative estimate of drug-likeness (QED) is 0.722. The summed E-state index contributed by atoms with van der Waals surface area (Å²) in [5, 5.41) is 11.8. The Morgan fingerprint density at radius 3 is 3.06 bits per heavy atom. The van der Waals surface area contributed by atoms with E-state index in [0.717, 1.165) is 29.0 Å². The highest BCUT2D eigenvalue weighted by atomic mass is 16.2. The molecule has 18 heavy (non-hydrogen) atoms. The first kappa shape index (κ1) is 12.6. The Labute approximate surface area is 105 Å². The van der Waals surface area contributed by atoms with E-state index >= 15 is 0 Å². The smallest absolute Gasteiger partial charge is 0.148 e. The Balaban J connectivity index is 2.14. The maximum absolute atomic E-state index is 10.9. The first-order valence-electron chi connectivity index (χ1n) is 6.02. The van der Waals surface area contributed by atoms with E-state index in [1.54, 1.807) is 6.92 Å². The Morgan fingerprint density at radius 2 is 2.33 bits per heavy atom. The van der Waals surface area contributed by atoms with E-state index in [9.17, 15) is 4.79 Å². The van der Waals surface area contributed by atoms with Crippen molar-refractivity contribution >= 4 is 22.5 Å². The number of hydrogen-bond donors (Lipinski definition) is 3. The summed E-state index contributed by atoms with van der Waals surface area (Å²) in [5.74, 6) is 0.978. The number of hydrogen-bond acceptors (Lipinski definition) is 4. The van der Waals surface area contributed by atoms with Gasteiger partial charge in [-0.25, -0.2) is 4.98 Å². The number of H-pyrrole nitrogens is 1. The largest absolute Gasteiger partial charge is 0.396 e. The number of benzene rings is 1. The molecule has 1 heterocycles. The molecule has 0 saturated carbocycles. The number of carbonyl (C=O) groups excluding carboxylic acids is 1. The maximum atomic E-state index is 10.9. The lowest BCUT2D eigenvalue weighted by Crippen LogP contribution is -2.09. The highest BCUT2D eigenvalue weighted by Crippen LogP contribution is 2.17. The van der Waals surface area contributed by atoms with Gasteiger partial charge in [0.15, 0.2) is 0 Å². The van der Waals surface area contributed by atoms with Crippen LogP contribution in [0.3, 0.4) is 0 Å². The van der Waals surface area contributed by atoms with Gasteiger partial charge < -0.3 is 15.4 Å². The lowest BCUT2D eigenvalue weighted by Gasteiger charge is -2.02. The highest BCUT2D eigenvalue weighted by Gasteiger charge is 2.03. The molecule has 0 atom stereocenters. The molecule has 2 aromatic rings. The van der Waals surface area contributed by atoms with Crippen LogP contribution in [0, 0.1) is 0 Å². The Morgan fingerprint density at radius 1 is 1.50 bits per heavy atom. The normalized spacial score (nSPS) is 10.8. The summed E-state index contributed by atoms with van der Waals surface area (Å²) in [6, 6.07) is 5.76. The molecule has 3 N–H and O–H groups in total. The lowest BCUT2D eigenvalue weighted by atomic mass is 10.2. The zero-order valence-corrected chi connectivity index (χ0v) is 10.4. The minimum atomic E-state index is 0.100. The number of nitrogens with one attached hydrogen (secondary N) is 2. The van der Waals surface area contributed by atoms with Crippen LogP contribution < -0.4 is 5.32 Å². The molecule has 1 aromatic carbocycles. The fourth-order valence-corrected chi connectivity index (χ4v) is 1.76. The number of carbonyl (C=O) groups is 1. The number of nitrogens with zero attached hydrogens (tertiary/aromatic N) is 1. The van der Waals surface area contributed by atoms with Crippen LogP contribution in [0.2, 0.25) is 0 Å². The van der Waals surface area contributed by atoms with Gasteiger partial charge >= 0.3 is 0 Å². The van der Waals surface area contributed by atoms with E-state index in [4.69, 9.17) is 5.11 Å². The first-order chi connectivity index (χ1) is 8.69. The predicted octanol–water partition coefficient (Wildman–Crippen LogP) is 1.49. The van der Waals surface area contributed by atoms with Crippen LogP contribution in [0.4, 0.5) is 5.69 Å². The summed E-state index contributed by atoms with van der Waals surface area (Å²) in [7, 11) is 0.